The maximum atomic E-state index is 10.9. The third kappa shape index (κ3) is 1.91. The van der Waals surface area contributed by atoms with Gasteiger partial charge in [-0.15, -0.1) is 11.3 Å². The van der Waals surface area contributed by atoms with Crippen molar-refractivity contribution in [2.24, 2.45) is 0 Å². The molecule has 1 aromatic heterocycles. The predicted octanol–water partition coefficient (Wildman–Crippen LogP) is 2.67. The number of hydrogen-bond donors (Lipinski definition) is 1. The number of thiophene rings is 1. The molecule has 0 saturated carbocycles. The molecule has 0 aliphatic carbocycles. The van der Waals surface area contributed by atoms with Gasteiger partial charge in [-0.3, -0.25) is 4.79 Å². The highest BCUT2D eigenvalue weighted by Gasteiger charge is 2.30. The third-order valence-electron chi connectivity index (χ3n) is 2.26. The molecule has 0 radical (unpaired) electrons. The van der Waals surface area contributed by atoms with Crippen molar-refractivity contribution in [1.29, 1.82) is 0 Å². The first-order chi connectivity index (χ1) is 5.98. The minimum Gasteiger partial charge on any atom is -0.481 e. The van der Waals surface area contributed by atoms with Gasteiger partial charge in [-0.2, -0.15) is 0 Å². The molecule has 2 nitrogen and oxygen atoms in total. The zero-order valence-corrected chi connectivity index (χ0v) is 8.94. The van der Waals surface area contributed by atoms with Crippen LogP contribution in [0.2, 0.25) is 0 Å². The number of carbonyl (C=O) groups is 1. The molecule has 13 heavy (non-hydrogen) atoms. The van der Waals surface area contributed by atoms with Crippen molar-refractivity contribution in [3.63, 3.8) is 0 Å². The van der Waals surface area contributed by atoms with E-state index in [1.165, 1.54) is 4.88 Å². The normalized spacial score (nSPS) is 11.6. The van der Waals surface area contributed by atoms with Crippen LogP contribution < -0.4 is 0 Å². The van der Waals surface area contributed by atoms with E-state index in [0.29, 0.717) is 0 Å². The van der Waals surface area contributed by atoms with E-state index in [0.717, 1.165) is 12.0 Å². The molecule has 0 fully saturated rings. The minimum absolute atomic E-state index is 0.760. The number of carboxylic acids is 1. The quantitative estimate of drug-likeness (QED) is 0.810. The van der Waals surface area contributed by atoms with Crippen LogP contribution >= 0.6 is 11.3 Å². The lowest BCUT2D eigenvalue weighted by Crippen LogP contribution is -2.27. The van der Waals surface area contributed by atoms with Gasteiger partial charge in [0.15, 0.2) is 0 Å². The summed E-state index contributed by atoms with van der Waals surface area (Å²) in [6, 6.07) is 1.98. The van der Waals surface area contributed by atoms with Gasteiger partial charge in [0.05, 0.1) is 5.41 Å². The molecule has 0 spiro atoms. The van der Waals surface area contributed by atoms with Gasteiger partial charge in [0.25, 0.3) is 0 Å². The Labute approximate surface area is 82.2 Å². The Bertz CT molecular complexity index is 312. The molecule has 0 saturated heterocycles. The lowest BCUT2D eigenvalue weighted by molar-refractivity contribution is -0.142. The van der Waals surface area contributed by atoms with E-state index in [4.69, 9.17) is 5.11 Å². The smallest absolute Gasteiger partial charge is 0.313 e. The lowest BCUT2D eigenvalue weighted by atomic mass is 9.87. The van der Waals surface area contributed by atoms with Gasteiger partial charge in [0, 0.05) is 4.88 Å². The molecule has 1 aromatic rings. The highest BCUT2D eigenvalue weighted by Crippen LogP contribution is 2.28. The van der Waals surface area contributed by atoms with Crippen LogP contribution in [0.1, 0.15) is 31.2 Å². The van der Waals surface area contributed by atoms with Crippen LogP contribution in [-0.2, 0) is 16.6 Å². The second-order valence-electron chi connectivity index (χ2n) is 3.59. The molecular formula is C10H14O2S. The fraction of sp³-hybridized carbons (Fsp3) is 0.500. The van der Waals surface area contributed by atoms with Crippen molar-refractivity contribution in [2.75, 3.05) is 0 Å². The van der Waals surface area contributed by atoms with E-state index in [2.05, 4.69) is 6.92 Å². The monoisotopic (exact) mass is 198 g/mol. The average Bonchev–Trinajstić information content (AvgIpc) is 2.51. The Morgan fingerprint density at radius 3 is 2.62 bits per heavy atom. The summed E-state index contributed by atoms with van der Waals surface area (Å²) in [5, 5.41) is 10.9. The number of aryl methyl sites for hydroxylation is 1. The summed E-state index contributed by atoms with van der Waals surface area (Å²) in [7, 11) is 0. The molecule has 0 amide bonds. The first kappa shape index (κ1) is 10.3. The van der Waals surface area contributed by atoms with E-state index in [9.17, 15) is 4.79 Å². The maximum Gasteiger partial charge on any atom is 0.313 e. The van der Waals surface area contributed by atoms with Crippen molar-refractivity contribution in [3.05, 3.63) is 21.9 Å². The van der Waals surface area contributed by atoms with Gasteiger partial charge >= 0.3 is 5.97 Å². The highest BCUT2D eigenvalue weighted by atomic mass is 32.1. The largest absolute Gasteiger partial charge is 0.481 e. The summed E-state index contributed by atoms with van der Waals surface area (Å²) in [5.74, 6) is -0.770. The lowest BCUT2D eigenvalue weighted by Gasteiger charge is -2.17. The first-order valence-corrected chi connectivity index (χ1v) is 5.17. The fourth-order valence-corrected chi connectivity index (χ4v) is 2.02. The Balaban J connectivity index is 3.00. The SMILES string of the molecule is CCc1cc(C(C)(C)C(=O)O)cs1. The number of aliphatic carboxylic acids is 1. The summed E-state index contributed by atoms with van der Waals surface area (Å²) < 4.78 is 0. The molecule has 0 aliphatic rings. The van der Waals surface area contributed by atoms with Crippen LogP contribution in [0.5, 0.6) is 0 Å². The molecular weight excluding hydrogens is 184 g/mol. The highest BCUT2D eigenvalue weighted by molar-refractivity contribution is 7.10. The maximum absolute atomic E-state index is 10.9. The van der Waals surface area contributed by atoms with Crippen LogP contribution in [0.15, 0.2) is 11.4 Å². The van der Waals surface area contributed by atoms with Crippen LogP contribution in [0.4, 0.5) is 0 Å². The molecule has 0 unspecified atom stereocenters. The molecule has 72 valence electrons. The van der Waals surface area contributed by atoms with E-state index >= 15 is 0 Å². The number of hydrogen-bond acceptors (Lipinski definition) is 2. The van der Waals surface area contributed by atoms with Gasteiger partial charge in [0.2, 0.25) is 0 Å². The van der Waals surface area contributed by atoms with Crippen LogP contribution in [-0.4, -0.2) is 11.1 Å². The molecule has 0 aliphatic heterocycles. The Morgan fingerprint density at radius 2 is 2.23 bits per heavy atom. The number of carboxylic acid groups (broad SMARTS) is 1. The molecule has 1 N–H and O–H groups in total. The Morgan fingerprint density at radius 1 is 1.62 bits per heavy atom. The van der Waals surface area contributed by atoms with Gasteiger partial charge in [0.1, 0.15) is 0 Å². The van der Waals surface area contributed by atoms with Gasteiger partial charge in [-0.25, -0.2) is 0 Å². The Hall–Kier alpha value is -0.830. The van der Waals surface area contributed by atoms with E-state index < -0.39 is 11.4 Å². The molecule has 1 heterocycles. The zero-order chi connectivity index (χ0) is 10.1. The summed E-state index contributed by atoms with van der Waals surface area (Å²) in [5.41, 5.74) is 0.144. The summed E-state index contributed by atoms with van der Waals surface area (Å²) in [4.78, 5) is 12.2. The van der Waals surface area contributed by atoms with Crippen molar-refractivity contribution >= 4 is 17.3 Å². The minimum atomic E-state index is -0.770. The molecule has 3 heteroatoms. The zero-order valence-electron chi connectivity index (χ0n) is 8.13. The summed E-state index contributed by atoms with van der Waals surface area (Å²) >= 11 is 1.63. The predicted molar refractivity (Wildman–Crippen MR) is 54.4 cm³/mol. The van der Waals surface area contributed by atoms with Crippen molar-refractivity contribution in [2.45, 2.75) is 32.6 Å². The molecule has 0 aromatic carbocycles. The van der Waals surface area contributed by atoms with Crippen molar-refractivity contribution < 1.29 is 9.90 Å². The van der Waals surface area contributed by atoms with Crippen LogP contribution in [0.3, 0.4) is 0 Å². The fourth-order valence-electron chi connectivity index (χ4n) is 1.02. The number of rotatable bonds is 3. The van der Waals surface area contributed by atoms with Crippen LogP contribution in [0.25, 0.3) is 0 Å². The topological polar surface area (TPSA) is 37.3 Å². The van der Waals surface area contributed by atoms with E-state index in [1.54, 1.807) is 25.2 Å². The van der Waals surface area contributed by atoms with Gasteiger partial charge in [-0.05, 0) is 37.3 Å². The molecule has 0 atom stereocenters. The standard InChI is InChI=1S/C10H14O2S/c1-4-8-5-7(6-13-8)10(2,3)9(11)12/h5-6H,4H2,1-3H3,(H,11,12). The Kier molecular flexibility index (Phi) is 2.76. The second kappa shape index (κ2) is 3.50. The molecule has 1 rings (SSSR count). The van der Waals surface area contributed by atoms with Gasteiger partial charge in [-0.1, -0.05) is 6.92 Å². The third-order valence-corrected chi connectivity index (χ3v) is 3.34. The van der Waals surface area contributed by atoms with E-state index in [1.807, 2.05) is 11.4 Å². The summed E-state index contributed by atoms with van der Waals surface area (Å²) in [6.45, 7) is 5.54. The first-order valence-electron chi connectivity index (χ1n) is 4.29. The summed E-state index contributed by atoms with van der Waals surface area (Å²) in [6.07, 6.45) is 0.973. The van der Waals surface area contributed by atoms with Crippen molar-refractivity contribution in [1.82, 2.24) is 0 Å². The van der Waals surface area contributed by atoms with Gasteiger partial charge < -0.3 is 5.11 Å². The average molecular weight is 198 g/mol. The second-order valence-corrected chi connectivity index (χ2v) is 4.58. The van der Waals surface area contributed by atoms with E-state index in [-0.39, 0.29) is 0 Å². The van der Waals surface area contributed by atoms with Crippen LogP contribution in [0, 0.1) is 0 Å². The molecule has 0 bridgehead atoms. The van der Waals surface area contributed by atoms with Crippen molar-refractivity contribution in [3.8, 4) is 0 Å².